The Bertz CT molecular complexity index is 1190. The summed E-state index contributed by atoms with van der Waals surface area (Å²) in [5.41, 5.74) is 2.04. The first-order valence-corrected chi connectivity index (χ1v) is 9.69. The lowest BCUT2D eigenvalue weighted by molar-refractivity contribution is -0.132. The van der Waals surface area contributed by atoms with Crippen molar-refractivity contribution in [3.8, 4) is 5.75 Å². The highest BCUT2D eigenvalue weighted by molar-refractivity contribution is 6.51. The van der Waals surface area contributed by atoms with Gasteiger partial charge >= 0.3 is 0 Å². The van der Waals surface area contributed by atoms with Crippen LogP contribution >= 0.6 is 0 Å². The Kier molecular flexibility index (Phi) is 5.29. The van der Waals surface area contributed by atoms with E-state index in [1.807, 2.05) is 25.1 Å². The standard InChI is InChI=1S/C25H20FNO4/c1-15-8-11-18(12-9-15)27-22(16-6-4-3-5-7-16)21(24(29)25(27)30)23(28)19-14-17(26)10-13-20(19)31-2/h3-14,22,28H,1-2H3/b23-21+. The van der Waals surface area contributed by atoms with Gasteiger partial charge in [-0.3, -0.25) is 14.5 Å². The molecule has 1 atom stereocenters. The number of methoxy groups -OCH3 is 1. The number of ether oxygens (including phenoxy) is 1. The molecule has 1 amide bonds. The lowest BCUT2D eigenvalue weighted by Crippen LogP contribution is -2.29. The topological polar surface area (TPSA) is 66.8 Å². The molecule has 0 spiro atoms. The van der Waals surface area contributed by atoms with Crippen molar-refractivity contribution in [1.82, 2.24) is 0 Å². The Balaban J connectivity index is 1.97. The lowest BCUT2D eigenvalue weighted by atomic mass is 9.95. The molecule has 0 aromatic heterocycles. The largest absolute Gasteiger partial charge is 0.507 e. The number of aliphatic hydroxyl groups excluding tert-OH is 1. The van der Waals surface area contributed by atoms with E-state index in [9.17, 15) is 19.1 Å². The fraction of sp³-hybridized carbons (Fsp3) is 0.120. The molecule has 31 heavy (non-hydrogen) atoms. The van der Waals surface area contributed by atoms with E-state index in [1.54, 1.807) is 36.4 Å². The summed E-state index contributed by atoms with van der Waals surface area (Å²) in [6.45, 7) is 1.92. The van der Waals surface area contributed by atoms with Gasteiger partial charge in [-0.1, -0.05) is 48.0 Å². The predicted molar refractivity (Wildman–Crippen MR) is 115 cm³/mol. The van der Waals surface area contributed by atoms with E-state index in [1.165, 1.54) is 24.1 Å². The number of aliphatic hydroxyl groups is 1. The normalized spacial score (nSPS) is 17.8. The van der Waals surface area contributed by atoms with Crippen molar-refractivity contribution in [2.45, 2.75) is 13.0 Å². The van der Waals surface area contributed by atoms with Crippen LogP contribution in [0, 0.1) is 12.7 Å². The van der Waals surface area contributed by atoms with Crippen LogP contribution in [0.4, 0.5) is 10.1 Å². The summed E-state index contributed by atoms with van der Waals surface area (Å²) < 4.78 is 19.2. The smallest absolute Gasteiger partial charge is 0.300 e. The molecule has 1 unspecified atom stereocenters. The van der Waals surface area contributed by atoms with Gasteiger partial charge in [-0.25, -0.2) is 4.39 Å². The van der Waals surface area contributed by atoms with Gasteiger partial charge in [-0.05, 0) is 42.8 Å². The van der Waals surface area contributed by atoms with Crippen LogP contribution in [0.25, 0.3) is 5.76 Å². The molecule has 0 bridgehead atoms. The Hall–Kier alpha value is -3.93. The van der Waals surface area contributed by atoms with Crippen LogP contribution in [-0.4, -0.2) is 23.9 Å². The number of hydrogen-bond acceptors (Lipinski definition) is 4. The summed E-state index contributed by atoms with van der Waals surface area (Å²) in [5, 5.41) is 11.1. The van der Waals surface area contributed by atoms with Crippen molar-refractivity contribution < 1.29 is 23.8 Å². The van der Waals surface area contributed by atoms with E-state index in [0.29, 0.717) is 11.3 Å². The lowest BCUT2D eigenvalue weighted by Gasteiger charge is -2.25. The van der Waals surface area contributed by atoms with E-state index in [4.69, 9.17) is 4.74 Å². The predicted octanol–water partition coefficient (Wildman–Crippen LogP) is 4.77. The molecular weight excluding hydrogens is 397 g/mol. The van der Waals surface area contributed by atoms with Crippen molar-refractivity contribution in [3.05, 3.63) is 101 Å². The zero-order chi connectivity index (χ0) is 22.1. The second-order valence-corrected chi connectivity index (χ2v) is 7.26. The van der Waals surface area contributed by atoms with Crippen molar-refractivity contribution >= 4 is 23.1 Å². The summed E-state index contributed by atoms with van der Waals surface area (Å²) in [5.74, 6) is -2.52. The van der Waals surface area contributed by atoms with Crippen molar-refractivity contribution in [2.75, 3.05) is 12.0 Å². The third-order valence-corrected chi connectivity index (χ3v) is 5.29. The number of anilines is 1. The molecule has 0 radical (unpaired) electrons. The molecule has 6 heteroatoms. The van der Waals surface area contributed by atoms with Gasteiger partial charge in [0.05, 0.1) is 24.3 Å². The molecule has 5 nitrogen and oxygen atoms in total. The number of benzene rings is 3. The number of halogens is 1. The second-order valence-electron chi connectivity index (χ2n) is 7.26. The third kappa shape index (κ3) is 3.57. The minimum Gasteiger partial charge on any atom is -0.507 e. The maximum absolute atomic E-state index is 14.0. The van der Waals surface area contributed by atoms with Gasteiger partial charge in [0.2, 0.25) is 0 Å². The minimum atomic E-state index is -0.878. The van der Waals surface area contributed by atoms with Gasteiger partial charge < -0.3 is 9.84 Å². The average molecular weight is 417 g/mol. The van der Waals surface area contributed by atoms with Gasteiger partial charge in [0, 0.05) is 5.69 Å². The third-order valence-electron chi connectivity index (χ3n) is 5.29. The van der Waals surface area contributed by atoms with Gasteiger partial charge in [-0.15, -0.1) is 0 Å². The summed E-state index contributed by atoms with van der Waals surface area (Å²) in [6, 6.07) is 18.9. The Morgan fingerprint density at radius 3 is 2.32 bits per heavy atom. The molecule has 156 valence electrons. The zero-order valence-corrected chi connectivity index (χ0v) is 17.0. The molecule has 0 aliphatic carbocycles. The molecule has 1 heterocycles. The van der Waals surface area contributed by atoms with Gasteiger partial charge in [-0.2, -0.15) is 0 Å². The quantitative estimate of drug-likeness (QED) is 0.377. The van der Waals surface area contributed by atoms with E-state index in [0.717, 1.165) is 11.6 Å². The van der Waals surface area contributed by atoms with Crippen LogP contribution in [0.1, 0.15) is 22.7 Å². The maximum atomic E-state index is 14.0. The molecule has 1 saturated heterocycles. The summed E-state index contributed by atoms with van der Waals surface area (Å²) >= 11 is 0. The summed E-state index contributed by atoms with van der Waals surface area (Å²) in [7, 11) is 1.38. The van der Waals surface area contributed by atoms with Crippen LogP contribution < -0.4 is 9.64 Å². The monoisotopic (exact) mass is 417 g/mol. The van der Waals surface area contributed by atoms with Crippen molar-refractivity contribution in [1.29, 1.82) is 0 Å². The average Bonchev–Trinajstić information content (AvgIpc) is 3.05. The number of aryl methyl sites for hydroxylation is 1. The molecule has 0 saturated carbocycles. The first-order valence-electron chi connectivity index (χ1n) is 9.69. The summed E-state index contributed by atoms with van der Waals surface area (Å²) in [6.07, 6.45) is 0. The molecule has 1 fully saturated rings. The zero-order valence-electron chi connectivity index (χ0n) is 17.0. The number of carbonyl (C=O) groups excluding carboxylic acids is 2. The SMILES string of the molecule is COc1ccc(F)cc1/C(O)=C1\C(=O)C(=O)N(c2ccc(C)cc2)C1c1ccccc1. The molecular formula is C25H20FNO4. The van der Waals surface area contributed by atoms with Crippen LogP contribution in [-0.2, 0) is 9.59 Å². The maximum Gasteiger partial charge on any atom is 0.300 e. The fourth-order valence-electron chi connectivity index (χ4n) is 3.77. The second kappa shape index (κ2) is 8.07. The van der Waals surface area contributed by atoms with Crippen LogP contribution in [0.3, 0.4) is 0 Å². The number of amides is 1. The van der Waals surface area contributed by atoms with E-state index >= 15 is 0 Å². The van der Waals surface area contributed by atoms with Gasteiger partial charge in [0.25, 0.3) is 11.7 Å². The number of carbonyl (C=O) groups is 2. The van der Waals surface area contributed by atoms with Crippen LogP contribution in [0.5, 0.6) is 5.75 Å². The molecule has 1 aliphatic heterocycles. The highest BCUT2D eigenvalue weighted by Crippen LogP contribution is 2.43. The Labute approximate surface area is 179 Å². The summed E-state index contributed by atoms with van der Waals surface area (Å²) in [4.78, 5) is 27.5. The highest BCUT2D eigenvalue weighted by atomic mass is 19.1. The fourth-order valence-corrected chi connectivity index (χ4v) is 3.77. The first-order chi connectivity index (χ1) is 14.9. The van der Waals surface area contributed by atoms with Crippen molar-refractivity contribution in [3.63, 3.8) is 0 Å². The molecule has 3 aromatic carbocycles. The number of nitrogens with zero attached hydrogens (tertiary/aromatic N) is 1. The number of ketones is 1. The number of Topliss-reactive ketones (excluding diaryl/α,β-unsaturated/α-hetero) is 1. The van der Waals surface area contributed by atoms with Crippen LogP contribution in [0.15, 0.2) is 78.4 Å². The van der Waals surface area contributed by atoms with Gasteiger partial charge in [0.1, 0.15) is 17.3 Å². The molecule has 1 N–H and O–H groups in total. The number of rotatable bonds is 4. The Morgan fingerprint density at radius 1 is 1.00 bits per heavy atom. The Morgan fingerprint density at radius 2 is 1.68 bits per heavy atom. The van der Waals surface area contributed by atoms with Gasteiger partial charge in [0.15, 0.2) is 0 Å². The first kappa shape index (κ1) is 20.3. The van der Waals surface area contributed by atoms with Crippen molar-refractivity contribution in [2.24, 2.45) is 0 Å². The van der Waals surface area contributed by atoms with Crippen LogP contribution in [0.2, 0.25) is 0 Å². The molecule has 4 rings (SSSR count). The number of hydrogen-bond donors (Lipinski definition) is 1. The minimum absolute atomic E-state index is 0.00494. The highest BCUT2D eigenvalue weighted by Gasteiger charge is 2.47. The van der Waals surface area contributed by atoms with E-state index < -0.39 is 29.3 Å². The molecule has 3 aromatic rings. The van der Waals surface area contributed by atoms with E-state index in [2.05, 4.69) is 0 Å². The molecule has 1 aliphatic rings. The van der Waals surface area contributed by atoms with E-state index in [-0.39, 0.29) is 16.9 Å².